The van der Waals surface area contributed by atoms with Crippen LogP contribution in [0.3, 0.4) is 0 Å². The fraction of sp³-hybridized carbons (Fsp3) is 0.125. The van der Waals surface area contributed by atoms with E-state index in [0.717, 1.165) is 11.4 Å². The first-order valence-corrected chi connectivity index (χ1v) is 6.68. The zero-order chi connectivity index (χ0) is 18.5. The lowest BCUT2D eigenvalue weighted by atomic mass is 10.2. The molecule has 8 heteroatoms. The van der Waals surface area contributed by atoms with E-state index in [0.29, 0.717) is 0 Å². The van der Waals surface area contributed by atoms with Crippen molar-refractivity contribution in [1.29, 1.82) is 0 Å². The van der Waals surface area contributed by atoms with Crippen molar-refractivity contribution < 1.29 is 30.0 Å². The van der Waals surface area contributed by atoms with E-state index in [1.807, 2.05) is 60.7 Å². The lowest BCUT2D eigenvalue weighted by molar-refractivity contribution is -0.165. The normalized spacial score (nSPS) is 11.6. The third-order valence-corrected chi connectivity index (χ3v) is 2.40. The molecule has 0 aliphatic carbocycles. The molecular formula is C16H20N2O6. The maximum Gasteiger partial charge on any atom is 0.335 e. The highest BCUT2D eigenvalue weighted by molar-refractivity contribution is 5.83. The van der Waals surface area contributed by atoms with Gasteiger partial charge in [-0.05, 0) is 24.3 Å². The van der Waals surface area contributed by atoms with Crippen LogP contribution in [0.4, 0.5) is 11.4 Å². The number of hydrogen-bond acceptors (Lipinski definition) is 6. The Hall–Kier alpha value is -3.10. The van der Waals surface area contributed by atoms with Gasteiger partial charge in [0.05, 0.1) is 0 Å². The molecule has 2 rings (SSSR count). The number of nitrogen functional groups attached to an aromatic ring is 2. The molecule has 24 heavy (non-hydrogen) atoms. The molecule has 2 unspecified atom stereocenters. The van der Waals surface area contributed by atoms with Crippen molar-refractivity contribution in [3.63, 3.8) is 0 Å². The first kappa shape index (κ1) is 20.9. The highest BCUT2D eigenvalue weighted by Gasteiger charge is 2.29. The summed E-state index contributed by atoms with van der Waals surface area (Å²) in [6, 6.07) is 19.0. The molecule has 0 aliphatic heterocycles. The van der Waals surface area contributed by atoms with Crippen molar-refractivity contribution in [3.8, 4) is 0 Å². The van der Waals surface area contributed by atoms with Crippen molar-refractivity contribution in [3.05, 3.63) is 60.7 Å². The molecule has 0 bridgehead atoms. The maximum atomic E-state index is 9.77. The molecule has 2 aromatic rings. The van der Waals surface area contributed by atoms with E-state index in [9.17, 15) is 9.59 Å². The van der Waals surface area contributed by atoms with Crippen molar-refractivity contribution in [2.75, 3.05) is 11.5 Å². The molecule has 0 aromatic heterocycles. The Morgan fingerprint density at radius 1 is 0.667 bits per heavy atom. The summed E-state index contributed by atoms with van der Waals surface area (Å²) >= 11 is 0. The van der Waals surface area contributed by atoms with Crippen LogP contribution in [-0.2, 0) is 9.59 Å². The first-order valence-electron chi connectivity index (χ1n) is 6.68. The van der Waals surface area contributed by atoms with Crippen LogP contribution in [0.1, 0.15) is 0 Å². The van der Waals surface area contributed by atoms with E-state index >= 15 is 0 Å². The molecule has 130 valence electrons. The number of nitrogens with two attached hydrogens (primary N) is 2. The quantitative estimate of drug-likeness (QED) is 0.438. The number of carboxylic acid groups (broad SMARTS) is 2. The molecule has 0 fully saturated rings. The zero-order valence-electron chi connectivity index (χ0n) is 12.7. The summed E-state index contributed by atoms with van der Waals surface area (Å²) in [6.45, 7) is 0. The molecule has 8 nitrogen and oxygen atoms in total. The van der Waals surface area contributed by atoms with Gasteiger partial charge in [-0.1, -0.05) is 36.4 Å². The van der Waals surface area contributed by atoms with Crippen LogP contribution in [0, 0.1) is 0 Å². The van der Waals surface area contributed by atoms with Gasteiger partial charge in [0.25, 0.3) is 0 Å². The lowest BCUT2D eigenvalue weighted by Crippen LogP contribution is -2.39. The average molecular weight is 336 g/mol. The number of para-hydroxylation sites is 2. The predicted octanol–water partition coefficient (Wildman–Crippen LogP) is 0.415. The minimum absolute atomic E-state index is 0.822. The molecule has 2 atom stereocenters. The van der Waals surface area contributed by atoms with E-state index in [4.69, 9.17) is 31.9 Å². The average Bonchev–Trinajstić information content (AvgIpc) is 2.56. The van der Waals surface area contributed by atoms with E-state index < -0.39 is 24.1 Å². The van der Waals surface area contributed by atoms with Crippen LogP contribution >= 0.6 is 0 Å². The highest BCUT2D eigenvalue weighted by Crippen LogP contribution is 1.96. The standard InChI is InChI=1S/2C6H7N.C4H6O6/c2*7-6-4-2-1-3-5-6;5-1(3(7)8)2(6)4(9)10/h2*1-5H,7H2;1-2,5-6H,(H,7,8)(H,9,10). The number of hydrogen-bond donors (Lipinski definition) is 6. The summed E-state index contributed by atoms with van der Waals surface area (Å²) in [5.74, 6) is -3.54. The topological polar surface area (TPSA) is 167 Å². The van der Waals surface area contributed by atoms with Crippen LogP contribution in [0.5, 0.6) is 0 Å². The molecule has 0 amide bonds. The van der Waals surface area contributed by atoms with Crippen molar-refractivity contribution >= 4 is 23.3 Å². The Bertz CT molecular complexity index is 551. The number of aliphatic hydroxyl groups is 2. The van der Waals surface area contributed by atoms with Crippen LogP contribution < -0.4 is 11.5 Å². The number of aliphatic hydroxyl groups excluding tert-OH is 2. The molecule has 0 spiro atoms. The summed E-state index contributed by atoms with van der Waals surface area (Å²) in [6.07, 6.45) is -4.53. The minimum Gasteiger partial charge on any atom is -0.479 e. The summed E-state index contributed by atoms with van der Waals surface area (Å²) in [4.78, 5) is 19.5. The van der Waals surface area contributed by atoms with Gasteiger partial charge in [-0.15, -0.1) is 0 Å². The third kappa shape index (κ3) is 9.77. The Morgan fingerprint density at radius 2 is 0.917 bits per heavy atom. The second-order valence-corrected chi connectivity index (χ2v) is 4.39. The third-order valence-electron chi connectivity index (χ3n) is 2.40. The predicted molar refractivity (Wildman–Crippen MR) is 89.0 cm³/mol. The van der Waals surface area contributed by atoms with Crippen molar-refractivity contribution in [1.82, 2.24) is 0 Å². The molecule has 0 saturated heterocycles. The summed E-state index contributed by atoms with van der Waals surface area (Å²) < 4.78 is 0. The smallest absolute Gasteiger partial charge is 0.335 e. The second-order valence-electron chi connectivity index (χ2n) is 4.39. The van der Waals surface area contributed by atoms with E-state index in [-0.39, 0.29) is 0 Å². The van der Waals surface area contributed by atoms with Gasteiger partial charge in [-0.3, -0.25) is 0 Å². The summed E-state index contributed by atoms with van der Waals surface area (Å²) in [7, 11) is 0. The molecular weight excluding hydrogens is 316 g/mol. The van der Waals surface area contributed by atoms with E-state index in [2.05, 4.69) is 0 Å². The van der Waals surface area contributed by atoms with Gasteiger partial charge in [0.1, 0.15) is 0 Å². The summed E-state index contributed by atoms with van der Waals surface area (Å²) in [5, 5.41) is 32.5. The van der Waals surface area contributed by atoms with Crippen LogP contribution in [0.15, 0.2) is 60.7 Å². The van der Waals surface area contributed by atoms with Gasteiger partial charge >= 0.3 is 11.9 Å². The fourth-order valence-corrected chi connectivity index (χ4v) is 1.18. The molecule has 0 saturated carbocycles. The van der Waals surface area contributed by atoms with Gasteiger partial charge in [0.15, 0.2) is 12.2 Å². The van der Waals surface area contributed by atoms with Crippen molar-refractivity contribution in [2.24, 2.45) is 0 Å². The maximum absolute atomic E-state index is 9.77. The van der Waals surface area contributed by atoms with Crippen LogP contribution in [0.25, 0.3) is 0 Å². The lowest BCUT2D eigenvalue weighted by Gasteiger charge is -2.07. The Labute approximate surface area is 138 Å². The van der Waals surface area contributed by atoms with Crippen LogP contribution in [-0.4, -0.2) is 44.6 Å². The number of benzene rings is 2. The van der Waals surface area contributed by atoms with Gasteiger partial charge in [-0.25, -0.2) is 9.59 Å². The van der Waals surface area contributed by atoms with E-state index in [1.54, 1.807) is 0 Å². The Morgan fingerprint density at radius 3 is 1.04 bits per heavy atom. The molecule has 0 aliphatic rings. The number of carbonyl (C=O) groups is 2. The number of carboxylic acids is 2. The van der Waals surface area contributed by atoms with E-state index in [1.165, 1.54) is 0 Å². The minimum atomic E-state index is -2.27. The first-order chi connectivity index (χ1) is 11.3. The van der Waals surface area contributed by atoms with Gasteiger partial charge < -0.3 is 31.9 Å². The molecule has 0 heterocycles. The number of rotatable bonds is 3. The number of anilines is 2. The van der Waals surface area contributed by atoms with Gasteiger partial charge in [-0.2, -0.15) is 0 Å². The second kappa shape index (κ2) is 11.5. The molecule has 0 radical (unpaired) electrons. The van der Waals surface area contributed by atoms with Crippen molar-refractivity contribution in [2.45, 2.75) is 12.2 Å². The Kier molecular flexibility index (Phi) is 9.98. The largest absolute Gasteiger partial charge is 0.479 e. The van der Waals surface area contributed by atoms with Gasteiger partial charge in [0, 0.05) is 11.4 Å². The summed E-state index contributed by atoms with van der Waals surface area (Å²) in [5.41, 5.74) is 12.4. The highest BCUT2D eigenvalue weighted by atomic mass is 16.4. The monoisotopic (exact) mass is 336 g/mol. The molecule has 2 aromatic carbocycles. The fourth-order valence-electron chi connectivity index (χ4n) is 1.18. The zero-order valence-corrected chi connectivity index (χ0v) is 12.7. The van der Waals surface area contributed by atoms with Gasteiger partial charge in [0.2, 0.25) is 0 Å². The Balaban J connectivity index is 0.000000337. The van der Waals surface area contributed by atoms with Crippen LogP contribution in [0.2, 0.25) is 0 Å². The number of aliphatic carboxylic acids is 2. The molecule has 8 N–H and O–H groups in total. The SMILES string of the molecule is Nc1ccccc1.Nc1ccccc1.O=C(O)C(O)C(O)C(=O)O.